The summed E-state index contributed by atoms with van der Waals surface area (Å²) in [5, 5.41) is 0. The van der Waals surface area contributed by atoms with E-state index in [0.29, 0.717) is 18.1 Å². The predicted octanol–water partition coefficient (Wildman–Crippen LogP) is 7.32. The summed E-state index contributed by atoms with van der Waals surface area (Å²) < 4.78 is 21.5. The van der Waals surface area contributed by atoms with Crippen LogP contribution in [-0.4, -0.2) is 343 Å². The summed E-state index contributed by atoms with van der Waals surface area (Å²) in [5.41, 5.74) is 0. The molecule has 0 radical (unpaired) electrons. The molecule has 10 heterocycles. The molecule has 0 saturated carbocycles. The van der Waals surface area contributed by atoms with Crippen LogP contribution in [0.1, 0.15) is 149 Å². The van der Waals surface area contributed by atoms with Gasteiger partial charge in [-0.1, -0.05) is 14.4 Å². The molecule has 10 rings (SSSR count). The van der Waals surface area contributed by atoms with Crippen LogP contribution in [0.4, 0.5) is 0 Å². The summed E-state index contributed by atoms with van der Waals surface area (Å²) in [6, 6.07) is 7.43. The van der Waals surface area contributed by atoms with Gasteiger partial charge in [0, 0.05) is 179 Å². The van der Waals surface area contributed by atoms with Crippen molar-refractivity contribution in [2.75, 3.05) is 224 Å². The van der Waals surface area contributed by atoms with Crippen LogP contribution >= 0.6 is 0 Å². The topological polar surface area (TPSA) is 75.8 Å². The normalized spacial score (nSPS) is 25.7. The summed E-state index contributed by atoms with van der Waals surface area (Å²) in [5.74, 6) is 0.924. The molecule has 0 spiro atoms. The number of rotatable bonds is 13. The Balaban J connectivity index is 0.000000215. The first-order chi connectivity index (χ1) is 39.4. The zero-order valence-electron chi connectivity index (χ0n) is 56.6. The zero-order chi connectivity index (χ0) is 59.4. The molecular formula is C67H140N12O4. The molecule has 10 fully saturated rings. The molecule has 10 aliphatic rings. The van der Waals surface area contributed by atoms with Crippen molar-refractivity contribution in [2.24, 2.45) is 5.92 Å². The van der Waals surface area contributed by atoms with Crippen LogP contribution in [0.25, 0.3) is 0 Å². The van der Waals surface area contributed by atoms with Gasteiger partial charge >= 0.3 is 0 Å². The highest BCUT2D eigenvalue weighted by Gasteiger charge is 2.32. The number of piperazine rings is 3. The third kappa shape index (κ3) is 28.0. The first-order valence-electron chi connectivity index (χ1n) is 34.5. The molecule has 0 bridgehead atoms. The molecule has 10 aliphatic heterocycles. The Hall–Kier alpha value is -0.640. The van der Waals surface area contributed by atoms with Crippen molar-refractivity contribution in [3.63, 3.8) is 0 Å². The quantitative estimate of drug-likeness (QED) is 0.185. The third-order valence-corrected chi connectivity index (χ3v) is 20.4. The summed E-state index contributed by atoms with van der Waals surface area (Å²) >= 11 is 0. The van der Waals surface area contributed by atoms with E-state index < -0.39 is 0 Å². The predicted molar refractivity (Wildman–Crippen MR) is 353 cm³/mol. The van der Waals surface area contributed by atoms with Crippen molar-refractivity contribution in [3.05, 3.63) is 0 Å². The number of ether oxygens (including phenoxy) is 4. The van der Waals surface area contributed by atoms with Gasteiger partial charge in [0.2, 0.25) is 0 Å². The molecule has 83 heavy (non-hydrogen) atoms. The van der Waals surface area contributed by atoms with Crippen LogP contribution in [0.15, 0.2) is 0 Å². The lowest BCUT2D eigenvalue weighted by molar-refractivity contribution is -0.0769. The van der Waals surface area contributed by atoms with Gasteiger partial charge in [0.15, 0.2) is 0 Å². The van der Waals surface area contributed by atoms with Gasteiger partial charge in [-0.05, 0) is 200 Å². The fraction of sp³-hybridized carbons (Fsp3) is 1.00. The number of likely N-dealkylation sites (N-methyl/N-ethyl adjacent to an activating group) is 3. The summed E-state index contributed by atoms with van der Waals surface area (Å²) in [6.07, 6.45) is 10.6. The number of morpholine rings is 2. The van der Waals surface area contributed by atoms with E-state index in [2.05, 4.69) is 163 Å². The number of hydrogen-bond donors (Lipinski definition) is 0. The Morgan fingerprint density at radius 3 is 1.11 bits per heavy atom. The van der Waals surface area contributed by atoms with E-state index in [9.17, 15) is 0 Å². The van der Waals surface area contributed by atoms with Crippen molar-refractivity contribution >= 4 is 0 Å². The SMILES string of the molecule is C.CC(C)N1CCC(CN2CCOCC2)CC1.CC(C)N1CCC(N(C)C2COC2)CC1.CC(C)N1CCC(N2CCOCC2)CC1.CC(C)N1CCN(C)CC1.CC(C)N1CCN(C2CCOCC2)CC1.CCN1CCN(C(C)C)CC1. The lowest BCUT2D eigenvalue weighted by Gasteiger charge is -2.44. The van der Waals surface area contributed by atoms with Gasteiger partial charge in [0.25, 0.3) is 0 Å². The van der Waals surface area contributed by atoms with E-state index in [4.69, 9.17) is 18.9 Å². The molecule has 492 valence electrons. The van der Waals surface area contributed by atoms with Gasteiger partial charge in [0.05, 0.1) is 45.7 Å². The van der Waals surface area contributed by atoms with Crippen molar-refractivity contribution in [1.82, 2.24) is 58.8 Å². The lowest BCUT2D eigenvalue weighted by atomic mass is 9.95. The minimum absolute atomic E-state index is 0. The van der Waals surface area contributed by atoms with E-state index in [1.165, 1.54) is 182 Å². The average molecular weight is 1180 g/mol. The Labute approximate surface area is 514 Å². The van der Waals surface area contributed by atoms with E-state index in [0.717, 1.165) is 127 Å². The highest BCUT2D eigenvalue weighted by molar-refractivity contribution is 4.87. The van der Waals surface area contributed by atoms with Crippen molar-refractivity contribution in [1.29, 1.82) is 0 Å². The molecule has 0 aliphatic carbocycles. The smallest absolute Gasteiger partial charge is 0.0645 e. The number of likely N-dealkylation sites (tertiary alicyclic amines) is 3. The molecule has 0 aromatic rings. The second kappa shape index (κ2) is 41.6. The highest BCUT2D eigenvalue weighted by atomic mass is 16.5. The summed E-state index contributed by atoms with van der Waals surface area (Å²) in [6.45, 7) is 67.1. The molecule has 10 saturated heterocycles. The molecule has 0 N–H and O–H groups in total. The van der Waals surface area contributed by atoms with Crippen LogP contribution in [0.2, 0.25) is 0 Å². The Morgan fingerprint density at radius 2 is 0.699 bits per heavy atom. The molecule has 0 amide bonds. The van der Waals surface area contributed by atoms with E-state index in [1.807, 2.05) is 0 Å². The lowest BCUT2D eigenvalue weighted by Crippen LogP contribution is -2.54. The molecule has 0 aromatic heterocycles. The fourth-order valence-electron chi connectivity index (χ4n) is 13.7. The Morgan fingerprint density at radius 1 is 0.349 bits per heavy atom. The van der Waals surface area contributed by atoms with Crippen LogP contribution < -0.4 is 0 Å². The molecular weight excluding hydrogens is 1040 g/mol. The Kier molecular flexibility index (Phi) is 37.5. The maximum absolute atomic E-state index is 5.41. The van der Waals surface area contributed by atoms with Gasteiger partial charge in [-0.15, -0.1) is 0 Å². The first-order valence-corrected chi connectivity index (χ1v) is 34.5. The molecule has 16 heteroatoms. The maximum atomic E-state index is 5.41. The molecule has 0 unspecified atom stereocenters. The van der Waals surface area contributed by atoms with Gasteiger partial charge < -0.3 is 43.4 Å². The number of hydrogen-bond acceptors (Lipinski definition) is 16. The van der Waals surface area contributed by atoms with Gasteiger partial charge in [-0.25, -0.2) is 0 Å². The van der Waals surface area contributed by atoms with Crippen LogP contribution in [0.5, 0.6) is 0 Å². The minimum Gasteiger partial charge on any atom is -0.381 e. The fourth-order valence-corrected chi connectivity index (χ4v) is 13.7. The minimum atomic E-state index is 0. The van der Waals surface area contributed by atoms with Gasteiger partial charge in [0.1, 0.15) is 0 Å². The largest absolute Gasteiger partial charge is 0.381 e. The third-order valence-electron chi connectivity index (χ3n) is 20.4. The number of piperidine rings is 3. The molecule has 0 atom stereocenters. The van der Waals surface area contributed by atoms with Crippen LogP contribution in [-0.2, 0) is 18.9 Å². The second-order valence-corrected chi connectivity index (χ2v) is 27.7. The number of nitrogens with zero attached hydrogens (tertiary/aromatic N) is 12. The highest BCUT2D eigenvalue weighted by Crippen LogP contribution is 2.24. The standard InChI is InChI=1S/C13H26N2O.3C12H24N2O.C9H20N2.C8H18N2.CH4/c1-12(2)15-5-3-13(4-6-15)11-14-7-9-16-10-8-14;1-11(2)13-5-7-14(8-6-13)12-3-9-15-10-4-12;1-10(2)14-6-4-11(5-7-14)13(3)12-8-15-9-12;1-11(2)13-5-3-12(4-6-13)14-7-9-15-10-8-14;1-4-10-5-7-11(8-6-10)9(2)3;1-8(2)10-6-4-9(3)5-7-10;/h12-13H,3-11H2,1-2H3;11-12H,3-10H2,1-2H3;10-12H,4-9H2,1-3H3;11-12H,3-10H2,1-2H3;9H,4-8H2,1-3H3;8H,4-7H2,1-3H3;1H4. The van der Waals surface area contributed by atoms with Gasteiger partial charge in [-0.2, -0.15) is 0 Å². The van der Waals surface area contributed by atoms with Crippen LogP contribution in [0, 0.1) is 5.92 Å². The van der Waals surface area contributed by atoms with E-state index >= 15 is 0 Å². The van der Waals surface area contributed by atoms with Crippen molar-refractivity contribution in [2.45, 2.75) is 209 Å². The Bertz CT molecular complexity index is 1450. The summed E-state index contributed by atoms with van der Waals surface area (Å²) in [7, 11) is 4.46. The van der Waals surface area contributed by atoms with Crippen molar-refractivity contribution in [3.8, 4) is 0 Å². The van der Waals surface area contributed by atoms with Crippen LogP contribution in [0.3, 0.4) is 0 Å². The second-order valence-electron chi connectivity index (χ2n) is 27.7. The monoisotopic (exact) mass is 1180 g/mol. The maximum Gasteiger partial charge on any atom is 0.0645 e. The molecule has 16 nitrogen and oxygen atoms in total. The zero-order valence-corrected chi connectivity index (χ0v) is 56.6. The summed E-state index contributed by atoms with van der Waals surface area (Å²) in [4.78, 5) is 30.8. The molecule has 0 aromatic carbocycles. The van der Waals surface area contributed by atoms with E-state index in [1.54, 1.807) is 0 Å². The average Bonchev–Trinajstić information content (AvgIpc) is 3.49. The first kappa shape index (κ1) is 74.8. The van der Waals surface area contributed by atoms with Gasteiger partial charge in [-0.3, -0.25) is 34.3 Å². The van der Waals surface area contributed by atoms with E-state index in [-0.39, 0.29) is 7.43 Å². The van der Waals surface area contributed by atoms with Crippen molar-refractivity contribution < 1.29 is 18.9 Å².